The summed E-state index contributed by atoms with van der Waals surface area (Å²) in [6.07, 6.45) is 0. The number of rotatable bonds is 2. The van der Waals surface area contributed by atoms with Crippen molar-refractivity contribution in [3.63, 3.8) is 0 Å². The number of hydrogen-bond donors (Lipinski definition) is 1. The molecule has 0 atom stereocenters. The lowest BCUT2D eigenvalue weighted by Gasteiger charge is -2.18. The highest BCUT2D eigenvalue weighted by Gasteiger charge is 2.16. The Hall–Kier alpha value is -1.71. The SMILES string of the molecule is CN(C(=O)c1ccc(Cl)cc1Cl)c1ccc(N)cc1. The van der Waals surface area contributed by atoms with Gasteiger partial charge in [-0.05, 0) is 42.5 Å². The molecule has 0 radical (unpaired) electrons. The highest BCUT2D eigenvalue weighted by atomic mass is 35.5. The number of anilines is 2. The smallest absolute Gasteiger partial charge is 0.259 e. The molecule has 5 heteroatoms. The average molecular weight is 295 g/mol. The van der Waals surface area contributed by atoms with Gasteiger partial charge in [0.2, 0.25) is 0 Å². The molecular weight excluding hydrogens is 283 g/mol. The van der Waals surface area contributed by atoms with Gasteiger partial charge in [-0.2, -0.15) is 0 Å². The van der Waals surface area contributed by atoms with Crippen LogP contribution in [0.25, 0.3) is 0 Å². The van der Waals surface area contributed by atoms with Crippen molar-refractivity contribution in [1.29, 1.82) is 0 Å². The van der Waals surface area contributed by atoms with Crippen LogP contribution in [0.15, 0.2) is 42.5 Å². The van der Waals surface area contributed by atoms with Crippen molar-refractivity contribution < 1.29 is 4.79 Å². The third-order valence-electron chi connectivity index (χ3n) is 2.75. The molecule has 0 spiro atoms. The summed E-state index contributed by atoms with van der Waals surface area (Å²) < 4.78 is 0. The van der Waals surface area contributed by atoms with E-state index in [0.29, 0.717) is 21.3 Å². The first-order valence-corrected chi connectivity index (χ1v) is 6.33. The van der Waals surface area contributed by atoms with Crippen LogP contribution in [0.4, 0.5) is 11.4 Å². The van der Waals surface area contributed by atoms with Gasteiger partial charge in [0.1, 0.15) is 0 Å². The first-order valence-electron chi connectivity index (χ1n) is 5.57. The number of halogens is 2. The fourth-order valence-electron chi connectivity index (χ4n) is 1.66. The zero-order valence-corrected chi connectivity index (χ0v) is 11.7. The zero-order chi connectivity index (χ0) is 14.0. The number of nitrogens with zero attached hydrogens (tertiary/aromatic N) is 1. The number of nitrogens with two attached hydrogens (primary N) is 1. The maximum Gasteiger partial charge on any atom is 0.259 e. The van der Waals surface area contributed by atoms with Crippen LogP contribution < -0.4 is 10.6 Å². The minimum absolute atomic E-state index is 0.202. The molecule has 1 amide bonds. The van der Waals surface area contributed by atoms with E-state index in [9.17, 15) is 4.79 Å². The van der Waals surface area contributed by atoms with Gasteiger partial charge in [0.05, 0.1) is 10.6 Å². The van der Waals surface area contributed by atoms with E-state index in [-0.39, 0.29) is 5.91 Å². The maximum absolute atomic E-state index is 12.3. The molecule has 0 unspecified atom stereocenters. The molecule has 0 bridgehead atoms. The first kappa shape index (κ1) is 13.7. The maximum atomic E-state index is 12.3. The molecule has 19 heavy (non-hydrogen) atoms. The highest BCUT2D eigenvalue weighted by Crippen LogP contribution is 2.24. The summed E-state index contributed by atoms with van der Waals surface area (Å²) in [6.45, 7) is 0. The fraction of sp³-hybridized carbons (Fsp3) is 0.0714. The molecular formula is C14H12Cl2N2O. The molecule has 0 saturated heterocycles. The lowest BCUT2D eigenvalue weighted by Crippen LogP contribution is -2.26. The van der Waals surface area contributed by atoms with Crippen LogP contribution in [0, 0.1) is 0 Å². The van der Waals surface area contributed by atoms with Crippen LogP contribution in [0.5, 0.6) is 0 Å². The Balaban J connectivity index is 2.30. The molecule has 0 aliphatic rings. The molecule has 98 valence electrons. The summed E-state index contributed by atoms with van der Waals surface area (Å²) in [5.74, 6) is -0.202. The average Bonchev–Trinajstić information content (AvgIpc) is 2.38. The minimum Gasteiger partial charge on any atom is -0.399 e. The number of hydrogen-bond acceptors (Lipinski definition) is 2. The molecule has 0 aliphatic carbocycles. The standard InChI is InChI=1S/C14H12Cl2N2O/c1-18(11-5-3-10(17)4-6-11)14(19)12-7-2-9(15)8-13(12)16/h2-8H,17H2,1H3. The third kappa shape index (κ3) is 3.00. The van der Waals surface area contributed by atoms with E-state index >= 15 is 0 Å². The van der Waals surface area contributed by atoms with E-state index in [4.69, 9.17) is 28.9 Å². The Morgan fingerprint density at radius 1 is 1.11 bits per heavy atom. The molecule has 2 aromatic rings. The number of amides is 1. The molecule has 0 saturated carbocycles. The van der Waals surface area contributed by atoms with Crippen LogP contribution in [0.1, 0.15) is 10.4 Å². The molecule has 0 heterocycles. The predicted molar refractivity (Wildman–Crippen MR) is 80.0 cm³/mol. The highest BCUT2D eigenvalue weighted by molar-refractivity contribution is 6.37. The van der Waals surface area contributed by atoms with Crippen molar-refractivity contribution in [3.8, 4) is 0 Å². The topological polar surface area (TPSA) is 46.3 Å². The second-order valence-corrected chi connectivity index (χ2v) is 4.92. The summed E-state index contributed by atoms with van der Waals surface area (Å²) >= 11 is 11.8. The van der Waals surface area contributed by atoms with Crippen LogP contribution in [0.3, 0.4) is 0 Å². The molecule has 2 aromatic carbocycles. The van der Waals surface area contributed by atoms with Crippen molar-refractivity contribution >= 4 is 40.5 Å². The van der Waals surface area contributed by atoms with Crippen molar-refractivity contribution in [2.75, 3.05) is 17.7 Å². The van der Waals surface area contributed by atoms with Gasteiger partial charge in [0.15, 0.2) is 0 Å². The van der Waals surface area contributed by atoms with E-state index < -0.39 is 0 Å². The number of nitrogen functional groups attached to an aromatic ring is 1. The number of benzene rings is 2. The molecule has 0 aliphatic heterocycles. The van der Waals surface area contributed by atoms with Crippen LogP contribution in [-0.2, 0) is 0 Å². The van der Waals surface area contributed by atoms with Gasteiger partial charge >= 0.3 is 0 Å². The second-order valence-electron chi connectivity index (χ2n) is 4.08. The van der Waals surface area contributed by atoms with Crippen LogP contribution >= 0.6 is 23.2 Å². The zero-order valence-electron chi connectivity index (χ0n) is 10.2. The van der Waals surface area contributed by atoms with E-state index in [1.54, 1.807) is 49.5 Å². The lowest BCUT2D eigenvalue weighted by molar-refractivity contribution is 0.0993. The lowest BCUT2D eigenvalue weighted by atomic mass is 10.2. The summed E-state index contributed by atoms with van der Waals surface area (Å²) in [5, 5.41) is 0.830. The Morgan fingerprint density at radius 2 is 1.74 bits per heavy atom. The van der Waals surface area contributed by atoms with Crippen molar-refractivity contribution in [2.24, 2.45) is 0 Å². The summed E-state index contributed by atoms with van der Waals surface area (Å²) in [6, 6.07) is 11.8. The van der Waals surface area contributed by atoms with Gasteiger partial charge < -0.3 is 10.6 Å². The third-order valence-corrected chi connectivity index (χ3v) is 3.29. The Labute approximate surface area is 121 Å². The van der Waals surface area contributed by atoms with E-state index in [1.807, 2.05) is 0 Å². The fourth-order valence-corrected chi connectivity index (χ4v) is 2.15. The minimum atomic E-state index is -0.202. The van der Waals surface area contributed by atoms with Gasteiger partial charge in [-0.25, -0.2) is 0 Å². The molecule has 2 N–H and O–H groups in total. The number of carbonyl (C=O) groups excluding carboxylic acids is 1. The van der Waals surface area contributed by atoms with Crippen LogP contribution in [-0.4, -0.2) is 13.0 Å². The normalized spacial score (nSPS) is 10.3. The Bertz CT molecular complexity index is 611. The summed E-state index contributed by atoms with van der Waals surface area (Å²) in [7, 11) is 1.68. The van der Waals surface area contributed by atoms with Crippen molar-refractivity contribution in [3.05, 3.63) is 58.1 Å². The Kier molecular flexibility index (Phi) is 3.98. The molecule has 2 rings (SSSR count). The van der Waals surface area contributed by atoms with E-state index in [2.05, 4.69) is 0 Å². The van der Waals surface area contributed by atoms with Gasteiger partial charge in [0.25, 0.3) is 5.91 Å². The number of carbonyl (C=O) groups is 1. The quantitative estimate of drug-likeness (QED) is 0.855. The van der Waals surface area contributed by atoms with E-state index in [1.165, 1.54) is 4.90 Å². The molecule has 0 aromatic heterocycles. The molecule has 0 fully saturated rings. The van der Waals surface area contributed by atoms with Gasteiger partial charge in [-0.3, -0.25) is 4.79 Å². The van der Waals surface area contributed by atoms with Crippen molar-refractivity contribution in [2.45, 2.75) is 0 Å². The monoisotopic (exact) mass is 294 g/mol. The summed E-state index contributed by atoms with van der Waals surface area (Å²) in [4.78, 5) is 13.8. The first-order chi connectivity index (χ1) is 8.99. The largest absolute Gasteiger partial charge is 0.399 e. The van der Waals surface area contributed by atoms with Gasteiger partial charge in [0, 0.05) is 23.4 Å². The van der Waals surface area contributed by atoms with E-state index in [0.717, 1.165) is 5.69 Å². The van der Waals surface area contributed by atoms with Gasteiger partial charge in [-0.15, -0.1) is 0 Å². The second kappa shape index (κ2) is 5.51. The van der Waals surface area contributed by atoms with Crippen LogP contribution in [0.2, 0.25) is 10.0 Å². The van der Waals surface area contributed by atoms with Gasteiger partial charge in [-0.1, -0.05) is 23.2 Å². The van der Waals surface area contributed by atoms with Crippen molar-refractivity contribution in [1.82, 2.24) is 0 Å². The Morgan fingerprint density at radius 3 is 2.32 bits per heavy atom. The predicted octanol–water partition coefficient (Wildman–Crippen LogP) is 3.85. The molecule has 3 nitrogen and oxygen atoms in total. The summed E-state index contributed by atoms with van der Waals surface area (Å²) in [5.41, 5.74) is 7.41.